The molecule has 0 aliphatic heterocycles. The van der Waals surface area contributed by atoms with Crippen LogP contribution in [0, 0.1) is 0 Å². The third-order valence-electron chi connectivity index (χ3n) is 4.79. The number of amides is 2. The number of hydrogen-bond acceptors (Lipinski definition) is 4. The number of benzene rings is 1. The maximum absolute atomic E-state index is 12.7. The van der Waals surface area contributed by atoms with Gasteiger partial charge < -0.3 is 11.1 Å². The van der Waals surface area contributed by atoms with Crippen molar-refractivity contribution >= 4 is 28.2 Å². The number of aryl methyl sites for hydroxylation is 1. The number of hydrogen-bond donors (Lipinski definition) is 2. The molecule has 6 nitrogen and oxygen atoms in total. The molecule has 2 heterocycles. The van der Waals surface area contributed by atoms with Crippen molar-refractivity contribution < 1.29 is 9.59 Å². The molecule has 3 aromatic rings. The standard InChI is InChI=1S/C20H20N4O2S/c21-18(25)17-15-5-2-1-3-6-16(15)27-20(17)23-19(26)13-7-9-14(10-8-13)24-12-4-11-22-24/h4,7-12H,1-3,5-6H2,(H2,21,25)(H,23,26). The smallest absolute Gasteiger partial charge is 0.256 e. The Morgan fingerprint density at radius 1 is 1.11 bits per heavy atom. The monoisotopic (exact) mass is 380 g/mol. The highest BCUT2D eigenvalue weighted by Gasteiger charge is 2.24. The lowest BCUT2D eigenvalue weighted by atomic mass is 10.1. The van der Waals surface area contributed by atoms with Crippen molar-refractivity contribution in [3.8, 4) is 5.69 Å². The molecule has 0 saturated carbocycles. The Labute approximate surface area is 161 Å². The number of primary amides is 1. The third kappa shape index (κ3) is 3.50. The third-order valence-corrected chi connectivity index (χ3v) is 6.00. The Hall–Kier alpha value is -2.93. The van der Waals surface area contributed by atoms with Crippen LogP contribution in [0.2, 0.25) is 0 Å². The zero-order valence-corrected chi connectivity index (χ0v) is 15.6. The fourth-order valence-electron chi connectivity index (χ4n) is 3.45. The minimum absolute atomic E-state index is 0.249. The Bertz CT molecular complexity index is 974. The highest BCUT2D eigenvalue weighted by Crippen LogP contribution is 2.37. The van der Waals surface area contributed by atoms with Crippen molar-refractivity contribution in [1.82, 2.24) is 9.78 Å². The van der Waals surface area contributed by atoms with E-state index in [0.29, 0.717) is 16.1 Å². The largest absolute Gasteiger partial charge is 0.365 e. The summed E-state index contributed by atoms with van der Waals surface area (Å²) in [6.45, 7) is 0. The average Bonchev–Trinajstić information content (AvgIpc) is 3.25. The molecular formula is C20H20N4O2S. The Morgan fingerprint density at radius 2 is 1.89 bits per heavy atom. The average molecular weight is 380 g/mol. The maximum atomic E-state index is 12.7. The van der Waals surface area contributed by atoms with E-state index in [0.717, 1.165) is 43.4 Å². The van der Waals surface area contributed by atoms with Gasteiger partial charge in [0.1, 0.15) is 5.00 Å². The maximum Gasteiger partial charge on any atom is 0.256 e. The van der Waals surface area contributed by atoms with Crippen LogP contribution in [-0.2, 0) is 12.8 Å². The SMILES string of the molecule is NC(=O)c1c(NC(=O)c2ccc(-n3cccn3)cc2)sc2c1CCCCC2. The second-order valence-corrected chi connectivity index (χ2v) is 7.69. The first-order chi connectivity index (χ1) is 13.1. The van der Waals surface area contributed by atoms with Gasteiger partial charge in [0, 0.05) is 22.8 Å². The van der Waals surface area contributed by atoms with Crippen LogP contribution < -0.4 is 11.1 Å². The highest BCUT2D eigenvalue weighted by molar-refractivity contribution is 7.17. The number of thiophene rings is 1. The Morgan fingerprint density at radius 3 is 2.59 bits per heavy atom. The minimum Gasteiger partial charge on any atom is -0.365 e. The summed E-state index contributed by atoms with van der Waals surface area (Å²) >= 11 is 1.48. The first kappa shape index (κ1) is 17.5. The first-order valence-corrected chi connectivity index (χ1v) is 9.81. The molecule has 138 valence electrons. The van der Waals surface area contributed by atoms with E-state index in [1.165, 1.54) is 16.2 Å². The summed E-state index contributed by atoms with van der Waals surface area (Å²) in [4.78, 5) is 25.9. The second-order valence-electron chi connectivity index (χ2n) is 6.58. The van der Waals surface area contributed by atoms with Gasteiger partial charge in [-0.1, -0.05) is 6.42 Å². The summed E-state index contributed by atoms with van der Waals surface area (Å²) < 4.78 is 1.73. The van der Waals surface area contributed by atoms with Gasteiger partial charge in [-0.15, -0.1) is 11.3 Å². The lowest BCUT2D eigenvalue weighted by molar-refractivity contribution is 0.100. The van der Waals surface area contributed by atoms with Crippen LogP contribution in [0.25, 0.3) is 5.69 Å². The zero-order chi connectivity index (χ0) is 18.8. The molecule has 0 fully saturated rings. The molecule has 2 aromatic heterocycles. The fourth-order valence-corrected chi connectivity index (χ4v) is 4.74. The number of fused-ring (bicyclic) bond motifs is 1. The topological polar surface area (TPSA) is 90.0 Å². The molecule has 1 aliphatic rings. The number of anilines is 1. The van der Waals surface area contributed by atoms with Gasteiger partial charge in [-0.2, -0.15) is 5.10 Å². The van der Waals surface area contributed by atoms with Crippen molar-refractivity contribution in [3.05, 3.63) is 64.3 Å². The van der Waals surface area contributed by atoms with Gasteiger partial charge in [0.25, 0.3) is 11.8 Å². The van der Waals surface area contributed by atoms with Crippen LogP contribution in [-0.4, -0.2) is 21.6 Å². The van der Waals surface area contributed by atoms with E-state index < -0.39 is 5.91 Å². The van der Waals surface area contributed by atoms with Crippen LogP contribution >= 0.6 is 11.3 Å². The summed E-state index contributed by atoms with van der Waals surface area (Å²) in [5.74, 6) is -0.723. The molecular weight excluding hydrogens is 360 g/mol. The van der Waals surface area contributed by atoms with Gasteiger partial charge in [-0.3, -0.25) is 9.59 Å². The molecule has 2 amide bonds. The number of carbonyl (C=O) groups is 2. The molecule has 3 N–H and O–H groups in total. The normalized spacial score (nSPS) is 13.6. The fraction of sp³-hybridized carbons (Fsp3) is 0.250. The number of carbonyl (C=O) groups excluding carboxylic acids is 2. The summed E-state index contributed by atoms with van der Waals surface area (Å²) in [7, 11) is 0. The first-order valence-electron chi connectivity index (χ1n) is 8.99. The van der Waals surface area contributed by atoms with Crippen LogP contribution in [0.15, 0.2) is 42.7 Å². The van der Waals surface area contributed by atoms with Gasteiger partial charge in [-0.05, 0) is 61.6 Å². The molecule has 4 rings (SSSR count). The van der Waals surface area contributed by atoms with Crippen molar-refractivity contribution in [2.45, 2.75) is 32.1 Å². The number of nitrogens with zero attached hydrogens (tertiary/aromatic N) is 2. The summed E-state index contributed by atoms with van der Waals surface area (Å²) in [5, 5.41) is 7.63. The lowest BCUT2D eigenvalue weighted by Gasteiger charge is -2.07. The number of nitrogens with two attached hydrogens (primary N) is 1. The predicted molar refractivity (Wildman–Crippen MR) is 106 cm³/mol. The second kappa shape index (κ2) is 7.36. The van der Waals surface area contributed by atoms with E-state index in [1.807, 2.05) is 24.4 Å². The Kier molecular flexibility index (Phi) is 4.77. The predicted octanol–water partition coefficient (Wildman–Crippen LogP) is 3.55. The molecule has 0 spiro atoms. The van der Waals surface area contributed by atoms with Gasteiger partial charge in [0.05, 0.1) is 11.3 Å². The lowest BCUT2D eigenvalue weighted by Crippen LogP contribution is -2.18. The van der Waals surface area contributed by atoms with E-state index in [2.05, 4.69) is 10.4 Å². The number of rotatable bonds is 4. The van der Waals surface area contributed by atoms with Crippen molar-refractivity contribution in [2.75, 3.05) is 5.32 Å². The van der Waals surface area contributed by atoms with E-state index in [-0.39, 0.29) is 5.91 Å². The van der Waals surface area contributed by atoms with E-state index in [9.17, 15) is 9.59 Å². The van der Waals surface area contributed by atoms with Gasteiger partial charge >= 0.3 is 0 Å². The minimum atomic E-state index is -0.473. The number of aromatic nitrogens is 2. The van der Waals surface area contributed by atoms with Gasteiger partial charge in [0.15, 0.2) is 0 Å². The summed E-state index contributed by atoms with van der Waals surface area (Å²) in [5.41, 5.74) is 8.53. The zero-order valence-electron chi connectivity index (χ0n) is 14.8. The van der Waals surface area contributed by atoms with Gasteiger partial charge in [-0.25, -0.2) is 4.68 Å². The van der Waals surface area contributed by atoms with E-state index in [1.54, 1.807) is 23.0 Å². The van der Waals surface area contributed by atoms with Crippen LogP contribution in [0.1, 0.15) is 50.4 Å². The van der Waals surface area contributed by atoms with Crippen molar-refractivity contribution in [1.29, 1.82) is 0 Å². The summed E-state index contributed by atoms with van der Waals surface area (Å²) in [6.07, 6.45) is 8.64. The quantitative estimate of drug-likeness (QED) is 0.678. The van der Waals surface area contributed by atoms with Crippen LogP contribution in [0.4, 0.5) is 5.00 Å². The van der Waals surface area contributed by atoms with Gasteiger partial charge in [0.2, 0.25) is 0 Å². The van der Waals surface area contributed by atoms with E-state index >= 15 is 0 Å². The molecule has 7 heteroatoms. The van der Waals surface area contributed by atoms with Crippen molar-refractivity contribution in [2.24, 2.45) is 5.73 Å². The highest BCUT2D eigenvalue weighted by atomic mass is 32.1. The van der Waals surface area contributed by atoms with Crippen LogP contribution in [0.3, 0.4) is 0 Å². The summed E-state index contributed by atoms with van der Waals surface area (Å²) in [6, 6.07) is 9.00. The molecule has 0 radical (unpaired) electrons. The Balaban J connectivity index is 1.58. The molecule has 1 aromatic carbocycles. The molecule has 27 heavy (non-hydrogen) atoms. The molecule has 0 saturated heterocycles. The molecule has 0 bridgehead atoms. The molecule has 0 atom stereocenters. The van der Waals surface area contributed by atoms with Crippen LogP contribution in [0.5, 0.6) is 0 Å². The number of nitrogens with one attached hydrogen (secondary N) is 1. The van der Waals surface area contributed by atoms with E-state index in [4.69, 9.17) is 5.73 Å². The molecule has 1 aliphatic carbocycles. The molecule has 0 unspecified atom stereocenters. The van der Waals surface area contributed by atoms with Crippen molar-refractivity contribution in [3.63, 3.8) is 0 Å².